The molecule has 0 spiro atoms. The molecule has 1 amide bonds. The van der Waals surface area contributed by atoms with Gasteiger partial charge in [-0.25, -0.2) is 0 Å². The third-order valence-corrected chi connectivity index (χ3v) is 2.79. The first kappa shape index (κ1) is 11.7. The molecule has 0 bridgehead atoms. The predicted octanol–water partition coefficient (Wildman–Crippen LogP) is 1.01. The molecule has 1 aromatic heterocycles. The number of likely N-dealkylation sites (N-methyl/N-ethyl adjacent to an activating group) is 1. The molecule has 0 atom stereocenters. The summed E-state index contributed by atoms with van der Waals surface area (Å²) in [5.41, 5.74) is 2.33. The molecular formula is C13H17N3O. The van der Waals surface area contributed by atoms with E-state index in [2.05, 4.69) is 33.5 Å². The first-order valence-corrected chi connectivity index (χ1v) is 5.66. The minimum absolute atomic E-state index is 0.0143. The molecule has 17 heavy (non-hydrogen) atoms. The number of hydrogen-bond donors (Lipinski definition) is 2. The lowest BCUT2D eigenvalue weighted by Gasteiger charge is -2.03. The van der Waals surface area contributed by atoms with Crippen LogP contribution in [0.15, 0.2) is 30.5 Å². The zero-order valence-corrected chi connectivity index (χ0v) is 10.2. The van der Waals surface area contributed by atoms with Crippen LogP contribution in [-0.4, -0.2) is 24.1 Å². The van der Waals surface area contributed by atoms with Gasteiger partial charge in [-0.05, 0) is 18.7 Å². The topological polar surface area (TPSA) is 46.1 Å². The third kappa shape index (κ3) is 2.47. The summed E-state index contributed by atoms with van der Waals surface area (Å²) in [7, 11) is 3.78. The molecule has 0 aliphatic heterocycles. The number of aryl methyl sites for hydroxylation is 1. The molecule has 4 nitrogen and oxygen atoms in total. The fourth-order valence-corrected chi connectivity index (χ4v) is 1.98. The molecule has 4 heteroatoms. The summed E-state index contributed by atoms with van der Waals surface area (Å²) in [5, 5.41) is 6.91. The minimum atomic E-state index is 0.0143. The number of nitrogens with one attached hydrogen (secondary N) is 2. The van der Waals surface area contributed by atoms with Crippen LogP contribution >= 0.6 is 0 Å². The second-order valence-electron chi connectivity index (χ2n) is 4.09. The van der Waals surface area contributed by atoms with E-state index in [1.807, 2.05) is 19.2 Å². The van der Waals surface area contributed by atoms with Gasteiger partial charge in [0.15, 0.2) is 0 Å². The van der Waals surface area contributed by atoms with Crippen molar-refractivity contribution in [1.82, 2.24) is 15.2 Å². The van der Waals surface area contributed by atoms with Crippen molar-refractivity contribution >= 4 is 16.8 Å². The SMILES string of the molecule is CNCC(=O)NCc1cn(C)c2ccccc12. The van der Waals surface area contributed by atoms with Gasteiger partial charge in [-0.2, -0.15) is 0 Å². The molecule has 2 rings (SSSR count). The van der Waals surface area contributed by atoms with Crippen molar-refractivity contribution in [3.63, 3.8) is 0 Å². The Morgan fingerprint density at radius 3 is 2.88 bits per heavy atom. The summed E-state index contributed by atoms with van der Waals surface area (Å²) in [6.45, 7) is 0.923. The molecule has 1 heterocycles. The van der Waals surface area contributed by atoms with Crippen LogP contribution < -0.4 is 10.6 Å². The van der Waals surface area contributed by atoms with E-state index in [0.717, 1.165) is 5.56 Å². The van der Waals surface area contributed by atoms with Crippen LogP contribution in [0.3, 0.4) is 0 Å². The van der Waals surface area contributed by atoms with Gasteiger partial charge < -0.3 is 15.2 Å². The van der Waals surface area contributed by atoms with Crippen LogP contribution in [0, 0.1) is 0 Å². The lowest BCUT2D eigenvalue weighted by Crippen LogP contribution is -2.31. The van der Waals surface area contributed by atoms with Crippen molar-refractivity contribution in [2.45, 2.75) is 6.54 Å². The van der Waals surface area contributed by atoms with E-state index in [-0.39, 0.29) is 5.91 Å². The maximum atomic E-state index is 11.4. The van der Waals surface area contributed by atoms with Crippen molar-refractivity contribution in [3.8, 4) is 0 Å². The van der Waals surface area contributed by atoms with Crippen molar-refractivity contribution in [2.24, 2.45) is 7.05 Å². The van der Waals surface area contributed by atoms with Gasteiger partial charge in [0.1, 0.15) is 0 Å². The highest BCUT2D eigenvalue weighted by Crippen LogP contribution is 2.19. The zero-order chi connectivity index (χ0) is 12.3. The Bertz CT molecular complexity index is 530. The fourth-order valence-electron chi connectivity index (χ4n) is 1.98. The highest BCUT2D eigenvalue weighted by molar-refractivity contribution is 5.84. The number of rotatable bonds is 4. The maximum absolute atomic E-state index is 11.4. The second kappa shape index (κ2) is 5.01. The molecule has 0 fully saturated rings. The van der Waals surface area contributed by atoms with Crippen LogP contribution in [-0.2, 0) is 18.4 Å². The summed E-state index contributed by atoms with van der Waals surface area (Å²) >= 11 is 0. The van der Waals surface area contributed by atoms with E-state index in [4.69, 9.17) is 0 Å². The fraction of sp³-hybridized carbons (Fsp3) is 0.308. The number of amides is 1. The quantitative estimate of drug-likeness (QED) is 0.825. The molecule has 90 valence electrons. The number of para-hydroxylation sites is 1. The Kier molecular flexibility index (Phi) is 3.44. The second-order valence-corrected chi connectivity index (χ2v) is 4.09. The highest BCUT2D eigenvalue weighted by atomic mass is 16.1. The Balaban J connectivity index is 2.16. The molecule has 0 saturated heterocycles. The zero-order valence-electron chi connectivity index (χ0n) is 10.2. The van der Waals surface area contributed by atoms with Crippen LogP contribution in [0.25, 0.3) is 10.9 Å². The van der Waals surface area contributed by atoms with E-state index >= 15 is 0 Å². The van der Waals surface area contributed by atoms with Gasteiger partial charge in [0.2, 0.25) is 5.91 Å². The number of fused-ring (bicyclic) bond motifs is 1. The molecule has 0 aliphatic carbocycles. The first-order valence-electron chi connectivity index (χ1n) is 5.66. The highest BCUT2D eigenvalue weighted by Gasteiger charge is 2.06. The van der Waals surface area contributed by atoms with Gasteiger partial charge >= 0.3 is 0 Å². The van der Waals surface area contributed by atoms with E-state index in [0.29, 0.717) is 13.1 Å². The molecule has 0 aliphatic rings. The first-order chi connectivity index (χ1) is 8.22. The molecule has 2 aromatic rings. The van der Waals surface area contributed by atoms with Crippen molar-refractivity contribution < 1.29 is 4.79 Å². The standard InChI is InChI=1S/C13H17N3O/c1-14-8-13(17)15-7-10-9-16(2)12-6-4-3-5-11(10)12/h3-6,9,14H,7-8H2,1-2H3,(H,15,17). The average molecular weight is 231 g/mol. The molecular weight excluding hydrogens is 214 g/mol. The Morgan fingerprint density at radius 1 is 1.35 bits per heavy atom. The summed E-state index contributed by atoms with van der Waals surface area (Å²) in [6.07, 6.45) is 2.06. The lowest BCUT2D eigenvalue weighted by atomic mass is 10.2. The van der Waals surface area contributed by atoms with E-state index < -0.39 is 0 Å². The van der Waals surface area contributed by atoms with Crippen molar-refractivity contribution in [1.29, 1.82) is 0 Å². The maximum Gasteiger partial charge on any atom is 0.234 e. The number of hydrogen-bond acceptors (Lipinski definition) is 2. The number of benzene rings is 1. The van der Waals surface area contributed by atoms with Gasteiger partial charge in [-0.15, -0.1) is 0 Å². The minimum Gasteiger partial charge on any atom is -0.351 e. The van der Waals surface area contributed by atoms with Crippen LogP contribution in [0.5, 0.6) is 0 Å². The molecule has 0 unspecified atom stereocenters. The van der Waals surface area contributed by atoms with Gasteiger partial charge in [0.05, 0.1) is 6.54 Å². The Labute approximate surface area is 101 Å². The van der Waals surface area contributed by atoms with Gasteiger partial charge in [-0.3, -0.25) is 4.79 Å². The van der Waals surface area contributed by atoms with Crippen LogP contribution in [0.1, 0.15) is 5.56 Å². The van der Waals surface area contributed by atoms with Crippen LogP contribution in [0.4, 0.5) is 0 Å². The Hall–Kier alpha value is -1.81. The smallest absolute Gasteiger partial charge is 0.234 e. The van der Waals surface area contributed by atoms with Gasteiger partial charge in [0.25, 0.3) is 0 Å². The normalized spacial score (nSPS) is 10.7. The van der Waals surface area contributed by atoms with Crippen molar-refractivity contribution in [2.75, 3.05) is 13.6 Å². The molecule has 0 saturated carbocycles. The number of nitrogens with zero attached hydrogens (tertiary/aromatic N) is 1. The van der Waals surface area contributed by atoms with E-state index in [1.165, 1.54) is 10.9 Å². The summed E-state index contributed by atoms with van der Waals surface area (Å²) in [6, 6.07) is 8.19. The molecule has 2 N–H and O–H groups in total. The van der Waals surface area contributed by atoms with Crippen LogP contribution in [0.2, 0.25) is 0 Å². The largest absolute Gasteiger partial charge is 0.351 e. The van der Waals surface area contributed by atoms with E-state index in [9.17, 15) is 4.79 Å². The predicted molar refractivity (Wildman–Crippen MR) is 68.7 cm³/mol. The monoisotopic (exact) mass is 231 g/mol. The number of carbonyl (C=O) groups excluding carboxylic acids is 1. The van der Waals surface area contributed by atoms with E-state index in [1.54, 1.807) is 7.05 Å². The summed E-state index contributed by atoms with van der Waals surface area (Å²) in [4.78, 5) is 11.4. The Morgan fingerprint density at radius 2 is 2.12 bits per heavy atom. The van der Waals surface area contributed by atoms with Crippen molar-refractivity contribution in [3.05, 3.63) is 36.0 Å². The third-order valence-electron chi connectivity index (χ3n) is 2.79. The number of aromatic nitrogens is 1. The number of carbonyl (C=O) groups is 1. The average Bonchev–Trinajstić information content (AvgIpc) is 2.65. The lowest BCUT2D eigenvalue weighted by molar-refractivity contribution is -0.120. The summed E-state index contributed by atoms with van der Waals surface area (Å²) < 4.78 is 2.08. The van der Waals surface area contributed by atoms with Gasteiger partial charge in [-0.1, -0.05) is 18.2 Å². The molecule has 1 aromatic carbocycles. The summed E-state index contributed by atoms with van der Waals surface area (Å²) in [5.74, 6) is 0.0143. The van der Waals surface area contributed by atoms with Gasteiger partial charge in [0, 0.05) is 30.7 Å². The molecule has 0 radical (unpaired) electrons.